The molecule has 0 unspecified atom stereocenters. The molecule has 0 bridgehead atoms. The van der Waals surface area contributed by atoms with Gasteiger partial charge in [0, 0.05) is 19.5 Å². The second-order valence-electron chi connectivity index (χ2n) is 2.91. The summed E-state index contributed by atoms with van der Waals surface area (Å²) in [6.45, 7) is 0. The van der Waals surface area contributed by atoms with Crippen LogP contribution in [0.3, 0.4) is 0 Å². The molecular formula is C7H10N4O3S. The first-order chi connectivity index (χ1) is 6.82. The third kappa shape index (κ3) is 2.70. The number of nitrogens with two attached hydrogens (primary N) is 1. The van der Waals surface area contributed by atoms with Crippen LogP contribution in [0.1, 0.15) is 10.5 Å². The van der Waals surface area contributed by atoms with Crippen LogP contribution in [-0.4, -0.2) is 42.6 Å². The maximum absolute atomic E-state index is 11.3. The second-order valence-corrected chi connectivity index (χ2v) is 4.82. The molecule has 8 heteroatoms. The molecule has 7 nitrogen and oxygen atoms in total. The third-order valence-electron chi connectivity index (χ3n) is 1.50. The molecule has 0 saturated carbocycles. The number of hydrazine groups is 1. The van der Waals surface area contributed by atoms with Crippen molar-refractivity contribution in [3.8, 4) is 0 Å². The van der Waals surface area contributed by atoms with Gasteiger partial charge in [-0.1, -0.05) is 0 Å². The molecule has 0 saturated heterocycles. The van der Waals surface area contributed by atoms with Gasteiger partial charge in [-0.05, 0) is 6.07 Å². The van der Waals surface area contributed by atoms with E-state index >= 15 is 0 Å². The summed E-state index contributed by atoms with van der Waals surface area (Å²) in [5.41, 5.74) is -0.0598. The molecule has 0 aromatic carbocycles. The van der Waals surface area contributed by atoms with E-state index in [1.807, 2.05) is 0 Å². The topological polar surface area (TPSA) is 106 Å². The predicted molar refractivity (Wildman–Crippen MR) is 51.4 cm³/mol. The van der Waals surface area contributed by atoms with E-state index in [1.165, 1.54) is 19.3 Å². The Morgan fingerprint density at radius 1 is 1.53 bits per heavy atom. The van der Waals surface area contributed by atoms with Crippen molar-refractivity contribution in [1.29, 1.82) is 0 Å². The summed E-state index contributed by atoms with van der Waals surface area (Å²) in [5, 5.41) is 0.421. The number of carbonyl (C=O) groups excluding carboxylic acids is 1. The fraction of sp³-hybridized carbons (Fsp3) is 0.286. The standard InChI is InChI=1S/C7H10N4O3S/c1-11(8)6(12)5-3-4-9-7(10-5)15(2,13)14/h3-4H,8H2,1-2H3. The van der Waals surface area contributed by atoms with E-state index in [-0.39, 0.29) is 5.69 Å². The van der Waals surface area contributed by atoms with Crippen molar-refractivity contribution in [1.82, 2.24) is 15.0 Å². The van der Waals surface area contributed by atoms with Crippen molar-refractivity contribution < 1.29 is 13.2 Å². The molecule has 15 heavy (non-hydrogen) atoms. The highest BCUT2D eigenvalue weighted by atomic mass is 32.2. The van der Waals surface area contributed by atoms with Gasteiger partial charge in [-0.2, -0.15) is 0 Å². The maximum atomic E-state index is 11.3. The van der Waals surface area contributed by atoms with E-state index < -0.39 is 20.9 Å². The lowest BCUT2D eigenvalue weighted by Crippen LogP contribution is -2.34. The number of hydrogen-bond acceptors (Lipinski definition) is 6. The Hall–Kier alpha value is -1.54. The molecule has 1 aromatic heterocycles. The average Bonchev–Trinajstić information content (AvgIpc) is 2.15. The molecule has 1 rings (SSSR count). The largest absolute Gasteiger partial charge is 0.286 e. The first-order valence-corrected chi connectivity index (χ1v) is 5.77. The lowest BCUT2D eigenvalue weighted by molar-refractivity contribution is 0.0788. The Morgan fingerprint density at radius 2 is 2.13 bits per heavy atom. The summed E-state index contributed by atoms with van der Waals surface area (Å²) in [7, 11) is -2.18. The molecule has 0 fully saturated rings. The Morgan fingerprint density at radius 3 is 2.60 bits per heavy atom. The fourth-order valence-electron chi connectivity index (χ4n) is 0.819. The summed E-state index contributed by atoms with van der Waals surface area (Å²) in [6.07, 6.45) is 2.16. The molecule has 0 radical (unpaired) electrons. The molecular weight excluding hydrogens is 220 g/mol. The van der Waals surface area contributed by atoms with Gasteiger partial charge in [-0.3, -0.25) is 9.80 Å². The summed E-state index contributed by atoms with van der Waals surface area (Å²) in [6, 6.07) is 1.29. The molecule has 82 valence electrons. The molecule has 1 aromatic rings. The van der Waals surface area contributed by atoms with Gasteiger partial charge in [0.2, 0.25) is 15.0 Å². The number of rotatable bonds is 2. The van der Waals surface area contributed by atoms with Gasteiger partial charge < -0.3 is 0 Å². The molecule has 1 heterocycles. The van der Waals surface area contributed by atoms with E-state index in [0.29, 0.717) is 0 Å². The zero-order valence-electron chi connectivity index (χ0n) is 8.21. The zero-order chi connectivity index (χ0) is 11.6. The van der Waals surface area contributed by atoms with Crippen molar-refractivity contribution >= 4 is 15.7 Å². The maximum Gasteiger partial charge on any atom is 0.286 e. The van der Waals surface area contributed by atoms with E-state index in [9.17, 15) is 13.2 Å². The van der Waals surface area contributed by atoms with Gasteiger partial charge in [0.1, 0.15) is 5.69 Å². The summed E-state index contributed by atoms with van der Waals surface area (Å²) in [5.74, 6) is 4.62. The minimum atomic E-state index is -3.52. The first-order valence-electron chi connectivity index (χ1n) is 3.88. The zero-order valence-corrected chi connectivity index (χ0v) is 9.02. The van der Waals surface area contributed by atoms with Crippen LogP contribution in [-0.2, 0) is 9.84 Å². The SMILES string of the molecule is CN(N)C(=O)c1ccnc(S(C)(=O)=O)n1. The van der Waals surface area contributed by atoms with Crippen molar-refractivity contribution in [2.24, 2.45) is 5.84 Å². The Labute approximate surface area is 86.8 Å². The van der Waals surface area contributed by atoms with Crippen LogP contribution in [0.25, 0.3) is 0 Å². The first kappa shape index (κ1) is 11.5. The minimum absolute atomic E-state index is 0.0598. The highest BCUT2D eigenvalue weighted by molar-refractivity contribution is 7.90. The average molecular weight is 230 g/mol. The number of amides is 1. The normalized spacial score (nSPS) is 11.1. The Bertz CT molecular complexity index is 483. The van der Waals surface area contributed by atoms with E-state index in [4.69, 9.17) is 5.84 Å². The van der Waals surface area contributed by atoms with Crippen LogP contribution in [0, 0.1) is 0 Å². The van der Waals surface area contributed by atoms with E-state index in [1.54, 1.807) is 0 Å². The summed E-state index contributed by atoms with van der Waals surface area (Å²) in [4.78, 5) is 18.5. The van der Waals surface area contributed by atoms with E-state index in [2.05, 4.69) is 9.97 Å². The molecule has 0 atom stereocenters. The smallest absolute Gasteiger partial charge is 0.278 e. The minimum Gasteiger partial charge on any atom is -0.278 e. The second kappa shape index (κ2) is 3.91. The molecule has 0 aliphatic heterocycles. The van der Waals surface area contributed by atoms with Crippen molar-refractivity contribution in [2.45, 2.75) is 5.16 Å². The summed E-state index contributed by atoms with van der Waals surface area (Å²) >= 11 is 0. The summed E-state index contributed by atoms with van der Waals surface area (Å²) < 4.78 is 22.2. The van der Waals surface area contributed by atoms with Crippen molar-refractivity contribution in [2.75, 3.05) is 13.3 Å². The number of hydrogen-bond donors (Lipinski definition) is 1. The lowest BCUT2D eigenvalue weighted by atomic mass is 10.4. The lowest BCUT2D eigenvalue weighted by Gasteiger charge is -2.08. The van der Waals surface area contributed by atoms with Crippen molar-refractivity contribution in [3.63, 3.8) is 0 Å². The van der Waals surface area contributed by atoms with Gasteiger partial charge >= 0.3 is 0 Å². The van der Waals surface area contributed by atoms with Crippen LogP contribution in [0.4, 0.5) is 0 Å². The number of aromatic nitrogens is 2. The molecule has 0 spiro atoms. The van der Waals surface area contributed by atoms with Crippen LogP contribution < -0.4 is 5.84 Å². The van der Waals surface area contributed by atoms with Crippen molar-refractivity contribution in [3.05, 3.63) is 18.0 Å². The van der Waals surface area contributed by atoms with E-state index in [0.717, 1.165) is 11.3 Å². The highest BCUT2D eigenvalue weighted by Gasteiger charge is 2.16. The van der Waals surface area contributed by atoms with Crippen LogP contribution in [0.5, 0.6) is 0 Å². The molecule has 0 aliphatic carbocycles. The van der Waals surface area contributed by atoms with Gasteiger partial charge in [-0.15, -0.1) is 0 Å². The number of nitrogens with zero attached hydrogens (tertiary/aromatic N) is 3. The van der Waals surface area contributed by atoms with Gasteiger partial charge in [0.15, 0.2) is 0 Å². The Kier molecular flexibility index (Phi) is 3.01. The third-order valence-corrected chi connectivity index (χ3v) is 2.36. The van der Waals surface area contributed by atoms with Crippen LogP contribution in [0.15, 0.2) is 17.4 Å². The monoisotopic (exact) mass is 230 g/mol. The molecule has 0 aliphatic rings. The highest BCUT2D eigenvalue weighted by Crippen LogP contribution is 2.03. The predicted octanol–water partition coefficient (Wildman–Crippen LogP) is -1.17. The van der Waals surface area contributed by atoms with Crippen LogP contribution in [0.2, 0.25) is 0 Å². The number of carbonyl (C=O) groups is 1. The van der Waals surface area contributed by atoms with Gasteiger partial charge in [0.25, 0.3) is 5.91 Å². The quantitative estimate of drug-likeness (QED) is 0.297. The molecule has 1 amide bonds. The van der Waals surface area contributed by atoms with Gasteiger partial charge in [-0.25, -0.2) is 24.2 Å². The molecule has 2 N–H and O–H groups in total. The fourth-order valence-corrected chi connectivity index (χ4v) is 1.34. The Balaban J connectivity index is 3.20. The van der Waals surface area contributed by atoms with Gasteiger partial charge in [0.05, 0.1) is 0 Å². The number of sulfone groups is 1. The van der Waals surface area contributed by atoms with Crippen LogP contribution >= 0.6 is 0 Å².